The molecule has 0 amide bonds. The van der Waals surface area contributed by atoms with Gasteiger partial charge in [0.2, 0.25) is 0 Å². The number of amidine groups is 1. The van der Waals surface area contributed by atoms with E-state index < -0.39 is 0 Å². The third kappa shape index (κ3) is 7.47. The summed E-state index contributed by atoms with van der Waals surface area (Å²) in [5.41, 5.74) is 5.63. The standard InChI is InChI=1S/C12H25N3O3/c1-12(2,3)17-8-9-18-14-11(13)10-15-4-6-16-7-5-15/h4-10H2,1-3H3,(H2,13,14). The lowest BCUT2D eigenvalue weighted by Crippen LogP contribution is -2.41. The monoisotopic (exact) mass is 259 g/mol. The maximum Gasteiger partial charge on any atom is 0.153 e. The van der Waals surface area contributed by atoms with Gasteiger partial charge >= 0.3 is 0 Å². The molecule has 0 unspecified atom stereocenters. The first-order valence-electron chi connectivity index (χ1n) is 6.36. The lowest BCUT2D eigenvalue weighted by atomic mass is 10.2. The van der Waals surface area contributed by atoms with Crippen LogP contribution in [0.5, 0.6) is 0 Å². The van der Waals surface area contributed by atoms with Crippen molar-refractivity contribution >= 4 is 5.84 Å². The van der Waals surface area contributed by atoms with Gasteiger partial charge < -0.3 is 20.0 Å². The molecule has 0 saturated carbocycles. The van der Waals surface area contributed by atoms with Crippen LogP contribution >= 0.6 is 0 Å². The smallest absolute Gasteiger partial charge is 0.153 e. The summed E-state index contributed by atoms with van der Waals surface area (Å²) in [7, 11) is 0. The Morgan fingerprint density at radius 2 is 1.94 bits per heavy atom. The maximum absolute atomic E-state index is 5.77. The summed E-state index contributed by atoms with van der Waals surface area (Å²) in [5, 5.41) is 3.87. The molecule has 0 bridgehead atoms. The van der Waals surface area contributed by atoms with Gasteiger partial charge in [0.05, 0.1) is 32.0 Å². The van der Waals surface area contributed by atoms with Crippen molar-refractivity contribution in [3.8, 4) is 0 Å². The molecular weight excluding hydrogens is 234 g/mol. The van der Waals surface area contributed by atoms with E-state index in [0.29, 0.717) is 25.6 Å². The largest absolute Gasteiger partial charge is 0.392 e. The van der Waals surface area contributed by atoms with E-state index >= 15 is 0 Å². The van der Waals surface area contributed by atoms with Crippen LogP contribution in [0.2, 0.25) is 0 Å². The second kappa shape index (κ2) is 7.56. The van der Waals surface area contributed by atoms with Gasteiger partial charge in [-0.25, -0.2) is 0 Å². The number of ether oxygens (including phenoxy) is 2. The van der Waals surface area contributed by atoms with E-state index in [-0.39, 0.29) is 5.60 Å². The molecular formula is C12H25N3O3. The Balaban J connectivity index is 2.09. The molecule has 18 heavy (non-hydrogen) atoms. The fourth-order valence-electron chi connectivity index (χ4n) is 1.53. The Hall–Kier alpha value is -0.850. The summed E-state index contributed by atoms with van der Waals surface area (Å²) in [6.45, 7) is 10.9. The summed E-state index contributed by atoms with van der Waals surface area (Å²) in [6, 6.07) is 0. The molecule has 1 saturated heterocycles. The van der Waals surface area contributed by atoms with Gasteiger partial charge in [0.1, 0.15) is 6.61 Å². The van der Waals surface area contributed by atoms with Gasteiger partial charge in [-0.15, -0.1) is 0 Å². The van der Waals surface area contributed by atoms with Crippen molar-refractivity contribution < 1.29 is 14.3 Å². The zero-order valence-corrected chi connectivity index (χ0v) is 11.6. The molecule has 1 fully saturated rings. The second-order valence-electron chi connectivity index (χ2n) is 5.27. The van der Waals surface area contributed by atoms with Crippen molar-refractivity contribution in [3.05, 3.63) is 0 Å². The number of nitrogens with two attached hydrogens (primary N) is 1. The van der Waals surface area contributed by atoms with E-state index in [4.69, 9.17) is 20.0 Å². The van der Waals surface area contributed by atoms with Crippen LogP contribution in [-0.2, 0) is 14.3 Å². The predicted octanol–water partition coefficient (Wildman–Crippen LogP) is 0.423. The molecule has 0 atom stereocenters. The molecule has 0 radical (unpaired) electrons. The third-order valence-corrected chi connectivity index (χ3v) is 2.38. The van der Waals surface area contributed by atoms with E-state index in [9.17, 15) is 0 Å². The van der Waals surface area contributed by atoms with Crippen LogP contribution in [0.15, 0.2) is 5.16 Å². The van der Waals surface area contributed by atoms with E-state index in [1.54, 1.807) is 0 Å². The Kier molecular flexibility index (Phi) is 6.38. The summed E-state index contributed by atoms with van der Waals surface area (Å²) < 4.78 is 10.8. The summed E-state index contributed by atoms with van der Waals surface area (Å²) in [4.78, 5) is 7.30. The number of rotatable bonds is 6. The first-order chi connectivity index (χ1) is 8.47. The van der Waals surface area contributed by atoms with Crippen LogP contribution < -0.4 is 5.73 Å². The predicted molar refractivity (Wildman–Crippen MR) is 70.5 cm³/mol. The number of hydrogen-bond acceptors (Lipinski definition) is 5. The van der Waals surface area contributed by atoms with Crippen LogP contribution in [0, 0.1) is 0 Å². The molecule has 0 aromatic rings. The average Bonchev–Trinajstić information content (AvgIpc) is 2.28. The molecule has 1 heterocycles. The van der Waals surface area contributed by atoms with Crippen LogP contribution in [0.4, 0.5) is 0 Å². The number of oxime groups is 1. The Morgan fingerprint density at radius 3 is 2.56 bits per heavy atom. The number of hydrogen-bond donors (Lipinski definition) is 1. The van der Waals surface area contributed by atoms with Crippen molar-refractivity contribution in [2.45, 2.75) is 26.4 Å². The Morgan fingerprint density at radius 1 is 1.28 bits per heavy atom. The molecule has 1 aliphatic rings. The van der Waals surface area contributed by atoms with E-state index in [1.165, 1.54) is 0 Å². The normalized spacial score (nSPS) is 18.9. The van der Waals surface area contributed by atoms with E-state index in [1.807, 2.05) is 20.8 Å². The topological polar surface area (TPSA) is 69.3 Å². The summed E-state index contributed by atoms with van der Waals surface area (Å²) in [6.07, 6.45) is 0. The highest BCUT2D eigenvalue weighted by Crippen LogP contribution is 2.05. The fraction of sp³-hybridized carbons (Fsp3) is 0.917. The first kappa shape index (κ1) is 15.2. The highest BCUT2D eigenvalue weighted by Gasteiger charge is 2.12. The third-order valence-electron chi connectivity index (χ3n) is 2.38. The molecule has 1 aliphatic heterocycles. The minimum atomic E-state index is -0.146. The minimum absolute atomic E-state index is 0.146. The van der Waals surface area contributed by atoms with Crippen molar-refractivity contribution in [1.82, 2.24) is 4.90 Å². The van der Waals surface area contributed by atoms with Crippen molar-refractivity contribution in [3.63, 3.8) is 0 Å². The SMILES string of the molecule is CC(C)(C)OCCO/N=C(/N)CN1CCOCC1. The summed E-state index contributed by atoms with van der Waals surface area (Å²) >= 11 is 0. The molecule has 1 rings (SSSR count). The molecule has 2 N–H and O–H groups in total. The lowest BCUT2D eigenvalue weighted by molar-refractivity contribution is -0.0343. The highest BCUT2D eigenvalue weighted by atomic mass is 16.6. The van der Waals surface area contributed by atoms with Gasteiger partial charge in [0.25, 0.3) is 0 Å². The zero-order valence-electron chi connectivity index (χ0n) is 11.6. The van der Waals surface area contributed by atoms with Gasteiger partial charge in [0.15, 0.2) is 5.84 Å². The fourth-order valence-corrected chi connectivity index (χ4v) is 1.53. The molecule has 106 valence electrons. The minimum Gasteiger partial charge on any atom is -0.392 e. The van der Waals surface area contributed by atoms with Crippen molar-refractivity contribution in [1.29, 1.82) is 0 Å². The van der Waals surface area contributed by atoms with Gasteiger partial charge in [-0.3, -0.25) is 4.90 Å². The first-order valence-corrected chi connectivity index (χ1v) is 6.36. The average molecular weight is 259 g/mol. The highest BCUT2D eigenvalue weighted by molar-refractivity contribution is 5.81. The van der Waals surface area contributed by atoms with Gasteiger partial charge in [0, 0.05) is 13.1 Å². The van der Waals surface area contributed by atoms with Gasteiger partial charge in [-0.1, -0.05) is 5.16 Å². The molecule has 0 aromatic carbocycles. The van der Waals surface area contributed by atoms with Crippen LogP contribution in [0.25, 0.3) is 0 Å². The van der Waals surface area contributed by atoms with E-state index in [2.05, 4.69) is 10.1 Å². The van der Waals surface area contributed by atoms with Crippen molar-refractivity contribution in [2.24, 2.45) is 10.9 Å². The van der Waals surface area contributed by atoms with Gasteiger partial charge in [-0.05, 0) is 20.8 Å². The number of nitrogens with zero attached hydrogens (tertiary/aromatic N) is 2. The number of morpholine rings is 1. The van der Waals surface area contributed by atoms with Gasteiger partial charge in [-0.2, -0.15) is 0 Å². The van der Waals surface area contributed by atoms with Crippen molar-refractivity contribution in [2.75, 3.05) is 46.1 Å². The molecule has 6 heteroatoms. The van der Waals surface area contributed by atoms with Crippen LogP contribution in [0.3, 0.4) is 0 Å². The quantitative estimate of drug-likeness (QED) is 0.324. The van der Waals surface area contributed by atoms with E-state index in [0.717, 1.165) is 26.3 Å². The maximum atomic E-state index is 5.77. The lowest BCUT2D eigenvalue weighted by Gasteiger charge is -2.25. The molecule has 6 nitrogen and oxygen atoms in total. The molecule has 0 aliphatic carbocycles. The molecule has 0 aromatic heterocycles. The Bertz CT molecular complexity index is 258. The van der Waals surface area contributed by atoms with Crippen LogP contribution in [0.1, 0.15) is 20.8 Å². The second-order valence-corrected chi connectivity index (χ2v) is 5.27. The molecule has 0 spiro atoms. The van der Waals surface area contributed by atoms with Crippen LogP contribution in [-0.4, -0.2) is 62.4 Å². The zero-order chi connectivity index (χ0) is 13.4. The summed E-state index contributed by atoms with van der Waals surface area (Å²) in [5.74, 6) is 0.493. The Labute approximate surface area is 109 Å².